The van der Waals surface area contributed by atoms with Gasteiger partial charge in [-0.05, 0) is 25.7 Å². The molecule has 0 aliphatic carbocycles. The van der Waals surface area contributed by atoms with Crippen molar-refractivity contribution in [2.24, 2.45) is 5.92 Å². The van der Waals surface area contributed by atoms with Gasteiger partial charge in [-0.2, -0.15) is 8.78 Å². The first-order valence-electron chi connectivity index (χ1n) is 6.04. The van der Waals surface area contributed by atoms with E-state index in [0.717, 1.165) is 17.4 Å². The van der Waals surface area contributed by atoms with Gasteiger partial charge in [0.2, 0.25) is 0 Å². The zero-order valence-electron chi connectivity index (χ0n) is 10.7. The fourth-order valence-corrected chi connectivity index (χ4v) is 1.61. The topological polar surface area (TPSA) is 29.9 Å². The summed E-state index contributed by atoms with van der Waals surface area (Å²) in [5.74, 6) is 1.05. The lowest BCUT2D eigenvalue weighted by molar-refractivity contribution is 0.0664. The summed E-state index contributed by atoms with van der Waals surface area (Å²) in [4.78, 5) is 3.93. The molecule has 98 valence electrons. The molecule has 1 aromatic rings. The SMILES string of the molecule is CC(C)CCC(C)NCc1nccn1C(F)F. The molecule has 0 spiro atoms. The minimum atomic E-state index is -2.51. The van der Waals surface area contributed by atoms with E-state index < -0.39 is 6.55 Å². The van der Waals surface area contributed by atoms with E-state index in [1.807, 2.05) is 0 Å². The van der Waals surface area contributed by atoms with E-state index in [9.17, 15) is 8.78 Å². The fourth-order valence-electron chi connectivity index (χ4n) is 1.61. The third-order valence-electron chi connectivity index (χ3n) is 2.74. The van der Waals surface area contributed by atoms with Crippen LogP contribution in [-0.2, 0) is 6.54 Å². The number of rotatable bonds is 7. The third kappa shape index (κ3) is 4.81. The first-order chi connectivity index (χ1) is 8.00. The van der Waals surface area contributed by atoms with Crippen molar-refractivity contribution in [3.8, 4) is 0 Å². The molecule has 1 aromatic heterocycles. The monoisotopic (exact) mass is 245 g/mol. The molecule has 0 aliphatic rings. The van der Waals surface area contributed by atoms with Gasteiger partial charge in [0.25, 0.3) is 0 Å². The largest absolute Gasteiger partial charge is 0.319 e. The van der Waals surface area contributed by atoms with Crippen LogP contribution in [0.5, 0.6) is 0 Å². The highest BCUT2D eigenvalue weighted by Crippen LogP contribution is 2.12. The average molecular weight is 245 g/mol. The van der Waals surface area contributed by atoms with Crippen LogP contribution in [0.2, 0.25) is 0 Å². The summed E-state index contributed by atoms with van der Waals surface area (Å²) in [5, 5.41) is 3.22. The predicted molar refractivity (Wildman–Crippen MR) is 63.9 cm³/mol. The second-order valence-corrected chi connectivity index (χ2v) is 4.78. The van der Waals surface area contributed by atoms with Gasteiger partial charge in [-0.1, -0.05) is 13.8 Å². The van der Waals surface area contributed by atoms with Gasteiger partial charge in [0, 0.05) is 18.4 Å². The van der Waals surface area contributed by atoms with Crippen LogP contribution < -0.4 is 5.32 Å². The highest BCUT2D eigenvalue weighted by atomic mass is 19.3. The number of hydrogen-bond donors (Lipinski definition) is 1. The zero-order valence-corrected chi connectivity index (χ0v) is 10.7. The molecular formula is C12H21F2N3. The maximum atomic E-state index is 12.5. The van der Waals surface area contributed by atoms with Crippen molar-refractivity contribution in [2.75, 3.05) is 0 Å². The molecule has 0 saturated carbocycles. The minimum absolute atomic E-state index is 0.320. The number of nitrogens with zero attached hydrogens (tertiary/aromatic N) is 2. The number of hydrogen-bond acceptors (Lipinski definition) is 2. The van der Waals surface area contributed by atoms with Crippen LogP contribution in [0, 0.1) is 5.92 Å². The van der Waals surface area contributed by atoms with Crippen LogP contribution in [0.4, 0.5) is 8.78 Å². The number of aromatic nitrogens is 2. The van der Waals surface area contributed by atoms with E-state index in [4.69, 9.17) is 0 Å². The molecule has 17 heavy (non-hydrogen) atoms. The molecule has 1 atom stereocenters. The highest BCUT2D eigenvalue weighted by molar-refractivity contribution is 4.92. The first kappa shape index (κ1) is 14.1. The van der Waals surface area contributed by atoms with Gasteiger partial charge in [0.1, 0.15) is 5.82 Å². The Hall–Kier alpha value is -0.970. The standard InChI is InChI=1S/C12H21F2N3/c1-9(2)4-5-10(3)16-8-11-15-6-7-17(11)12(13)14/h6-7,9-10,12,16H,4-5,8H2,1-3H3. The van der Waals surface area contributed by atoms with Gasteiger partial charge in [-0.15, -0.1) is 0 Å². The summed E-state index contributed by atoms with van der Waals surface area (Å²) >= 11 is 0. The van der Waals surface area contributed by atoms with Crippen LogP contribution in [0.3, 0.4) is 0 Å². The van der Waals surface area contributed by atoms with Gasteiger partial charge in [-0.3, -0.25) is 4.57 Å². The molecule has 0 amide bonds. The second-order valence-electron chi connectivity index (χ2n) is 4.78. The van der Waals surface area contributed by atoms with Crippen molar-refractivity contribution in [1.82, 2.24) is 14.9 Å². The lowest BCUT2D eigenvalue weighted by Gasteiger charge is -2.15. The van der Waals surface area contributed by atoms with Crippen LogP contribution in [0.25, 0.3) is 0 Å². The number of alkyl halides is 2. The van der Waals surface area contributed by atoms with Crippen molar-refractivity contribution in [3.05, 3.63) is 18.2 Å². The van der Waals surface area contributed by atoms with Crippen molar-refractivity contribution >= 4 is 0 Å². The van der Waals surface area contributed by atoms with Crippen LogP contribution in [-0.4, -0.2) is 15.6 Å². The van der Waals surface area contributed by atoms with Crippen LogP contribution >= 0.6 is 0 Å². The van der Waals surface area contributed by atoms with E-state index in [-0.39, 0.29) is 0 Å². The molecule has 0 bridgehead atoms. The van der Waals surface area contributed by atoms with Crippen molar-refractivity contribution < 1.29 is 8.78 Å². The number of nitrogens with one attached hydrogen (secondary N) is 1. The van der Waals surface area contributed by atoms with Gasteiger partial charge >= 0.3 is 6.55 Å². The molecule has 3 nitrogen and oxygen atoms in total. The summed E-state index contributed by atoms with van der Waals surface area (Å²) in [6.45, 7) is 4.29. The molecule has 0 aliphatic heterocycles. The Labute approximate surface area is 101 Å². The van der Waals surface area contributed by atoms with Crippen LogP contribution in [0.15, 0.2) is 12.4 Å². The summed E-state index contributed by atoms with van der Waals surface area (Å²) < 4.78 is 26.0. The van der Waals surface area contributed by atoms with E-state index in [1.165, 1.54) is 12.4 Å². The third-order valence-corrected chi connectivity index (χ3v) is 2.74. The molecule has 1 rings (SSSR count). The summed E-state index contributed by atoms with van der Waals surface area (Å²) in [6, 6.07) is 0.320. The molecule has 1 heterocycles. The number of imidazole rings is 1. The summed E-state index contributed by atoms with van der Waals surface area (Å²) in [5.41, 5.74) is 0. The second kappa shape index (κ2) is 6.69. The van der Waals surface area contributed by atoms with Gasteiger partial charge in [0.15, 0.2) is 0 Å². The molecule has 0 radical (unpaired) electrons. The maximum absolute atomic E-state index is 12.5. The van der Waals surface area contributed by atoms with E-state index in [2.05, 4.69) is 31.1 Å². The van der Waals surface area contributed by atoms with Crippen molar-refractivity contribution in [1.29, 1.82) is 0 Å². The average Bonchev–Trinajstić information content (AvgIpc) is 2.71. The lowest BCUT2D eigenvalue weighted by Crippen LogP contribution is -2.27. The normalized spacial score (nSPS) is 13.6. The van der Waals surface area contributed by atoms with Gasteiger partial charge < -0.3 is 5.32 Å². The molecule has 0 fully saturated rings. The van der Waals surface area contributed by atoms with E-state index >= 15 is 0 Å². The molecule has 1 unspecified atom stereocenters. The zero-order chi connectivity index (χ0) is 12.8. The number of halogens is 2. The van der Waals surface area contributed by atoms with Crippen molar-refractivity contribution in [3.63, 3.8) is 0 Å². The molecule has 0 aromatic carbocycles. The summed E-state index contributed by atoms with van der Waals surface area (Å²) in [7, 11) is 0. The van der Waals surface area contributed by atoms with Crippen LogP contribution in [0.1, 0.15) is 46.0 Å². The Balaban J connectivity index is 2.36. The van der Waals surface area contributed by atoms with E-state index in [1.54, 1.807) is 0 Å². The maximum Gasteiger partial charge on any atom is 0.319 e. The molecular weight excluding hydrogens is 224 g/mol. The predicted octanol–water partition coefficient (Wildman–Crippen LogP) is 3.19. The molecule has 1 N–H and O–H groups in total. The quantitative estimate of drug-likeness (QED) is 0.799. The smallest absolute Gasteiger partial charge is 0.307 e. The summed E-state index contributed by atoms with van der Waals surface area (Å²) in [6.07, 6.45) is 4.90. The lowest BCUT2D eigenvalue weighted by atomic mass is 10.0. The van der Waals surface area contributed by atoms with Crippen molar-refractivity contribution in [2.45, 2.75) is 52.7 Å². The fraction of sp³-hybridized carbons (Fsp3) is 0.750. The van der Waals surface area contributed by atoms with E-state index in [0.29, 0.717) is 24.3 Å². The first-order valence-corrected chi connectivity index (χ1v) is 6.04. The highest BCUT2D eigenvalue weighted by Gasteiger charge is 2.11. The van der Waals surface area contributed by atoms with Gasteiger partial charge in [0.05, 0.1) is 6.54 Å². The Morgan fingerprint density at radius 2 is 2.00 bits per heavy atom. The Morgan fingerprint density at radius 1 is 1.29 bits per heavy atom. The Kier molecular flexibility index (Phi) is 5.55. The van der Waals surface area contributed by atoms with Gasteiger partial charge in [-0.25, -0.2) is 4.98 Å². The Morgan fingerprint density at radius 3 is 2.59 bits per heavy atom. The Bertz CT molecular complexity index is 323. The minimum Gasteiger partial charge on any atom is -0.307 e. The molecule has 0 saturated heterocycles. The molecule has 5 heteroatoms.